The second-order valence-corrected chi connectivity index (χ2v) is 5.56. The van der Waals surface area contributed by atoms with Crippen LogP contribution >= 0.6 is 0 Å². The van der Waals surface area contributed by atoms with Gasteiger partial charge in [0.1, 0.15) is 0 Å². The van der Waals surface area contributed by atoms with Crippen molar-refractivity contribution in [2.45, 2.75) is 39.2 Å². The van der Waals surface area contributed by atoms with Gasteiger partial charge in [0.05, 0.1) is 0 Å². The molecule has 0 radical (unpaired) electrons. The second-order valence-electron chi connectivity index (χ2n) is 5.56. The molecule has 1 saturated carbocycles. The van der Waals surface area contributed by atoms with Gasteiger partial charge in [0.15, 0.2) is 5.60 Å². The van der Waals surface area contributed by atoms with Crippen molar-refractivity contribution in [2.75, 3.05) is 5.73 Å². The van der Waals surface area contributed by atoms with E-state index in [0.29, 0.717) is 11.6 Å². The maximum atomic E-state index is 10.9. The van der Waals surface area contributed by atoms with Crippen molar-refractivity contribution in [1.29, 1.82) is 0 Å². The van der Waals surface area contributed by atoms with Crippen molar-refractivity contribution in [3.63, 3.8) is 0 Å². The zero-order valence-electron chi connectivity index (χ0n) is 11.3. The van der Waals surface area contributed by atoms with Crippen LogP contribution in [0.25, 0.3) is 0 Å². The van der Waals surface area contributed by atoms with Crippen molar-refractivity contribution in [1.82, 2.24) is 0 Å². The number of hydrogen-bond acceptors (Lipinski definition) is 2. The van der Waals surface area contributed by atoms with Crippen LogP contribution < -0.4 is 5.73 Å². The van der Waals surface area contributed by atoms with Crippen LogP contribution in [-0.4, -0.2) is 5.11 Å². The molecule has 1 aromatic rings. The summed E-state index contributed by atoms with van der Waals surface area (Å²) in [5, 5.41) is 10.9. The van der Waals surface area contributed by atoms with Crippen molar-refractivity contribution >= 4 is 5.69 Å². The first-order valence-electron chi connectivity index (χ1n) is 6.55. The molecule has 2 nitrogen and oxygen atoms in total. The number of benzene rings is 1. The SMILES string of the molecule is Cc1ccc(N)c(C(O)(C#CC2CC2)C(C)C)c1. The van der Waals surface area contributed by atoms with E-state index in [-0.39, 0.29) is 5.92 Å². The Kier molecular flexibility index (Phi) is 3.36. The van der Waals surface area contributed by atoms with Crippen molar-refractivity contribution in [2.24, 2.45) is 11.8 Å². The monoisotopic (exact) mass is 243 g/mol. The molecule has 1 aromatic carbocycles. The molecule has 3 N–H and O–H groups in total. The van der Waals surface area contributed by atoms with E-state index >= 15 is 0 Å². The van der Waals surface area contributed by atoms with E-state index < -0.39 is 5.60 Å². The Bertz CT molecular complexity index is 506. The molecule has 18 heavy (non-hydrogen) atoms. The molecule has 1 fully saturated rings. The summed E-state index contributed by atoms with van der Waals surface area (Å²) in [6.07, 6.45) is 2.31. The molecule has 96 valence electrons. The van der Waals surface area contributed by atoms with E-state index in [2.05, 4.69) is 11.8 Å². The van der Waals surface area contributed by atoms with Gasteiger partial charge in [0.2, 0.25) is 0 Å². The Balaban J connectivity index is 2.46. The van der Waals surface area contributed by atoms with Gasteiger partial charge in [-0.15, -0.1) is 0 Å². The molecule has 0 heterocycles. The molecule has 1 unspecified atom stereocenters. The lowest BCUT2D eigenvalue weighted by Gasteiger charge is -2.28. The second kappa shape index (κ2) is 4.66. The normalized spacial score (nSPS) is 18.1. The molecule has 2 rings (SSSR count). The molecule has 1 aliphatic carbocycles. The molecule has 0 aromatic heterocycles. The van der Waals surface area contributed by atoms with Gasteiger partial charge in [-0.25, -0.2) is 0 Å². The third-order valence-corrected chi connectivity index (χ3v) is 3.50. The average molecular weight is 243 g/mol. The van der Waals surface area contributed by atoms with E-state index in [4.69, 9.17) is 5.73 Å². The Hall–Kier alpha value is -1.46. The summed E-state index contributed by atoms with van der Waals surface area (Å²) in [5.41, 5.74) is 7.31. The van der Waals surface area contributed by atoms with Gasteiger partial charge in [-0.3, -0.25) is 0 Å². The fourth-order valence-electron chi connectivity index (χ4n) is 1.96. The van der Waals surface area contributed by atoms with Crippen LogP contribution in [0.15, 0.2) is 18.2 Å². The molecular formula is C16H21NO. The van der Waals surface area contributed by atoms with E-state index in [1.807, 2.05) is 39.0 Å². The van der Waals surface area contributed by atoms with Crippen LogP contribution in [0.2, 0.25) is 0 Å². The van der Waals surface area contributed by atoms with Crippen LogP contribution in [0.1, 0.15) is 37.8 Å². The topological polar surface area (TPSA) is 46.2 Å². The minimum absolute atomic E-state index is 0.00727. The van der Waals surface area contributed by atoms with Gasteiger partial charge in [-0.05, 0) is 31.7 Å². The highest BCUT2D eigenvalue weighted by Gasteiger charge is 2.33. The zero-order valence-corrected chi connectivity index (χ0v) is 11.3. The fourth-order valence-corrected chi connectivity index (χ4v) is 1.96. The smallest absolute Gasteiger partial charge is 0.155 e. The lowest BCUT2D eigenvalue weighted by Crippen LogP contribution is -2.31. The highest BCUT2D eigenvalue weighted by atomic mass is 16.3. The predicted molar refractivity (Wildman–Crippen MR) is 74.8 cm³/mol. The lowest BCUT2D eigenvalue weighted by atomic mass is 9.82. The number of anilines is 1. The molecule has 0 aliphatic heterocycles. The Morgan fingerprint density at radius 1 is 1.39 bits per heavy atom. The lowest BCUT2D eigenvalue weighted by molar-refractivity contribution is 0.0509. The number of nitrogens with two attached hydrogens (primary N) is 1. The van der Waals surface area contributed by atoms with Crippen LogP contribution in [-0.2, 0) is 5.60 Å². The largest absolute Gasteiger partial charge is 0.398 e. The van der Waals surface area contributed by atoms with E-state index in [9.17, 15) is 5.11 Å². The van der Waals surface area contributed by atoms with E-state index in [1.54, 1.807) is 0 Å². The van der Waals surface area contributed by atoms with Gasteiger partial charge in [-0.2, -0.15) is 0 Å². The summed E-state index contributed by atoms with van der Waals surface area (Å²) in [4.78, 5) is 0. The Morgan fingerprint density at radius 2 is 2.06 bits per heavy atom. The summed E-state index contributed by atoms with van der Waals surface area (Å²) in [7, 11) is 0. The molecular weight excluding hydrogens is 222 g/mol. The first-order chi connectivity index (χ1) is 8.43. The number of aliphatic hydroxyl groups is 1. The summed E-state index contributed by atoms with van der Waals surface area (Å²) in [6, 6.07) is 5.74. The number of hydrogen-bond donors (Lipinski definition) is 2. The molecule has 1 aliphatic rings. The number of nitrogen functional groups attached to an aromatic ring is 1. The molecule has 0 spiro atoms. The Labute approximate surface area is 109 Å². The van der Waals surface area contributed by atoms with E-state index in [0.717, 1.165) is 24.0 Å². The average Bonchev–Trinajstić information content (AvgIpc) is 3.13. The first kappa shape index (κ1) is 13.0. The first-order valence-corrected chi connectivity index (χ1v) is 6.55. The van der Waals surface area contributed by atoms with Crippen LogP contribution in [0, 0.1) is 30.6 Å². The maximum Gasteiger partial charge on any atom is 0.155 e. The standard InChI is InChI=1S/C16H21NO/c1-11(2)16(18,9-8-13-5-6-13)14-10-12(3)4-7-15(14)17/h4,7,10-11,13,18H,5-6,17H2,1-3H3. The number of aryl methyl sites for hydroxylation is 1. The quantitative estimate of drug-likeness (QED) is 0.620. The summed E-state index contributed by atoms with van der Waals surface area (Å²) in [6.45, 7) is 5.95. The van der Waals surface area contributed by atoms with Crippen LogP contribution in [0.3, 0.4) is 0 Å². The van der Waals surface area contributed by atoms with Gasteiger partial charge in [0, 0.05) is 17.2 Å². The third-order valence-electron chi connectivity index (χ3n) is 3.50. The van der Waals surface area contributed by atoms with Crippen molar-refractivity contribution in [3.05, 3.63) is 29.3 Å². The Morgan fingerprint density at radius 3 is 2.61 bits per heavy atom. The predicted octanol–water partition coefficient (Wildman–Crippen LogP) is 2.83. The van der Waals surface area contributed by atoms with Gasteiger partial charge in [0.25, 0.3) is 0 Å². The zero-order chi connectivity index (χ0) is 13.3. The van der Waals surface area contributed by atoms with Gasteiger partial charge < -0.3 is 10.8 Å². The van der Waals surface area contributed by atoms with Crippen molar-refractivity contribution in [3.8, 4) is 11.8 Å². The third kappa shape index (κ3) is 2.52. The van der Waals surface area contributed by atoms with E-state index in [1.165, 1.54) is 0 Å². The summed E-state index contributed by atoms with van der Waals surface area (Å²) < 4.78 is 0. The van der Waals surface area contributed by atoms with Gasteiger partial charge >= 0.3 is 0 Å². The van der Waals surface area contributed by atoms with Crippen molar-refractivity contribution < 1.29 is 5.11 Å². The number of rotatable bonds is 2. The van der Waals surface area contributed by atoms with Crippen LogP contribution in [0.4, 0.5) is 5.69 Å². The fraction of sp³-hybridized carbons (Fsp3) is 0.500. The molecule has 1 atom stereocenters. The van der Waals surface area contributed by atoms with Crippen LogP contribution in [0.5, 0.6) is 0 Å². The minimum Gasteiger partial charge on any atom is -0.398 e. The maximum absolute atomic E-state index is 10.9. The molecule has 0 saturated heterocycles. The molecule has 2 heteroatoms. The summed E-state index contributed by atoms with van der Waals surface area (Å²) in [5.74, 6) is 6.72. The van der Waals surface area contributed by atoms with Gasteiger partial charge in [-0.1, -0.05) is 43.4 Å². The molecule has 0 amide bonds. The molecule has 0 bridgehead atoms. The minimum atomic E-state index is -1.14. The summed E-state index contributed by atoms with van der Waals surface area (Å²) >= 11 is 0. The highest BCUT2D eigenvalue weighted by Crippen LogP contribution is 2.35. The highest BCUT2D eigenvalue weighted by molar-refractivity contribution is 5.54.